The lowest BCUT2D eigenvalue weighted by atomic mass is 10.1. The second-order valence-corrected chi connectivity index (χ2v) is 9.51. The second-order valence-electron chi connectivity index (χ2n) is 7.44. The van der Waals surface area contributed by atoms with Crippen molar-refractivity contribution in [1.82, 2.24) is 0 Å². The van der Waals surface area contributed by atoms with Gasteiger partial charge in [0.1, 0.15) is 10.6 Å². The molecule has 0 aromatic heterocycles. The van der Waals surface area contributed by atoms with Crippen LogP contribution in [0.25, 0.3) is 0 Å². The second kappa shape index (κ2) is 14.8. The Bertz CT molecular complexity index is 744. The maximum absolute atomic E-state index is 12.5. The van der Waals surface area contributed by atoms with Gasteiger partial charge in [0.15, 0.2) is 9.84 Å². The van der Waals surface area contributed by atoms with Gasteiger partial charge in [-0.2, -0.15) is 0 Å². The number of para-hydroxylation sites is 1. The van der Waals surface area contributed by atoms with Gasteiger partial charge in [0.25, 0.3) is 0 Å². The fourth-order valence-electron chi connectivity index (χ4n) is 3.15. The minimum atomic E-state index is -3.58. The van der Waals surface area contributed by atoms with E-state index in [9.17, 15) is 18.0 Å². The van der Waals surface area contributed by atoms with Crippen molar-refractivity contribution < 1.29 is 33.0 Å². The predicted molar refractivity (Wildman–Crippen MR) is 115 cm³/mol. The maximum atomic E-state index is 12.5. The molecule has 0 atom stereocenters. The Balaban J connectivity index is 2.22. The van der Waals surface area contributed by atoms with Crippen LogP contribution in [0.15, 0.2) is 29.2 Å². The summed E-state index contributed by atoms with van der Waals surface area (Å²) in [5, 5.41) is 17.3. The number of hydrogen-bond acceptors (Lipinski definition) is 5. The van der Waals surface area contributed by atoms with Crippen LogP contribution in [0.1, 0.15) is 77.0 Å². The molecule has 30 heavy (non-hydrogen) atoms. The van der Waals surface area contributed by atoms with Crippen molar-refractivity contribution in [2.24, 2.45) is 0 Å². The molecule has 0 spiro atoms. The lowest BCUT2D eigenvalue weighted by Crippen LogP contribution is -2.11. The van der Waals surface area contributed by atoms with E-state index in [4.69, 9.17) is 14.9 Å². The maximum Gasteiger partial charge on any atom is 0.303 e. The SMILES string of the molecule is O=C(O)CCCCCCCCCCCOc1ccccc1S(=O)(=O)CCCC(=O)O. The number of sulfone groups is 1. The Morgan fingerprint density at radius 1 is 0.733 bits per heavy atom. The van der Waals surface area contributed by atoms with Gasteiger partial charge in [-0.15, -0.1) is 0 Å². The molecule has 1 aromatic rings. The van der Waals surface area contributed by atoms with Crippen molar-refractivity contribution in [2.45, 2.75) is 81.9 Å². The third kappa shape index (κ3) is 11.8. The Labute approximate surface area is 179 Å². The van der Waals surface area contributed by atoms with Crippen molar-refractivity contribution in [3.05, 3.63) is 24.3 Å². The lowest BCUT2D eigenvalue weighted by molar-refractivity contribution is -0.138. The largest absolute Gasteiger partial charge is 0.492 e. The van der Waals surface area contributed by atoms with Crippen LogP contribution < -0.4 is 4.74 Å². The van der Waals surface area contributed by atoms with E-state index in [0.29, 0.717) is 12.4 Å². The number of carboxylic acid groups (broad SMARTS) is 2. The number of benzene rings is 1. The fourth-order valence-corrected chi connectivity index (χ4v) is 4.61. The molecule has 0 aliphatic rings. The molecule has 0 unspecified atom stereocenters. The third-order valence-electron chi connectivity index (χ3n) is 4.78. The number of carboxylic acids is 2. The number of carbonyl (C=O) groups is 2. The molecule has 0 radical (unpaired) electrons. The molecule has 170 valence electrons. The summed E-state index contributed by atoms with van der Waals surface area (Å²) < 4.78 is 30.6. The standard InChI is InChI=1S/C22H34O7S/c23-21(24)15-8-6-4-2-1-3-5-7-11-17-29-19-13-9-10-14-20(19)30(27,28)18-12-16-22(25)26/h9-10,13-14H,1-8,11-12,15-18H2,(H,23,24)(H,25,26). The minimum Gasteiger partial charge on any atom is -0.492 e. The van der Waals surface area contributed by atoms with E-state index in [0.717, 1.165) is 57.8 Å². The monoisotopic (exact) mass is 442 g/mol. The third-order valence-corrected chi connectivity index (χ3v) is 6.61. The fraction of sp³-hybridized carbons (Fsp3) is 0.636. The van der Waals surface area contributed by atoms with E-state index in [1.807, 2.05) is 0 Å². The molecule has 0 heterocycles. The van der Waals surface area contributed by atoms with Gasteiger partial charge in [-0.3, -0.25) is 9.59 Å². The van der Waals surface area contributed by atoms with Crippen LogP contribution in [-0.4, -0.2) is 42.9 Å². The Morgan fingerprint density at radius 2 is 1.23 bits per heavy atom. The van der Waals surface area contributed by atoms with Crippen molar-refractivity contribution >= 4 is 21.8 Å². The molecule has 7 nitrogen and oxygen atoms in total. The quantitative estimate of drug-likeness (QED) is 0.317. The number of hydrogen-bond donors (Lipinski definition) is 2. The summed E-state index contributed by atoms with van der Waals surface area (Å²) in [7, 11) is -3.58. The van der Waals surface area contributed by atoms with Crippen LogP contribution in [0.4, 0.5) is 0 Å². The number of aliphatic carboxylic acids is 2. The number of rotatable bonds is 18. The summed E-state index contributed by atoms with van der Waals surface area (Å²) in [5.41, 5.74) is 0. The van der Waals surface area contributed by atoms with Crippen LogP contribution in [0.3, 0.4) is 0 Å². The van der Waals surface area contributed by atoms with Crippen LogP contribution in [-0.2, 0) is 19.4 Å². The number of unbranched alkanes of at least 4 members (excludes halogenated alkanes) is 8. The van der Waals surface area contributed by atoms with E-state index >= 15 is 0 Å². The van der Waals surface area contributed by atoms with Gasteiger partial charge in [-0.05, 0) is 31.4 Å². The molecule has 0 saturated heterocycles. The van der Waals surface area contributed by atoms with E-state index in [2.05, 4.69) is 0 Å². The highest BCUT2D eigenvalue weighted by Crippen LogP contribution is 2.25. The molecule has 0 fully saturated rings. The highest BCUT2D eigenvalue weighted by molar-refractivity contribution is 7.91. The van der Waals surface area contributed by atoms with Crippen LogP contribution in [0, 0.1) is 0 Å². The molecule has 0 amide bonds. The van der Waals surface area contributed by atoms with Gasteiger partial charge in [-0.1, -0.05) is 57.1 Å². The first-order valence-corrected chi connectivity index (χ1v) is 12.4. The lowest BCUT2D eigenvalue weighted by Gasteiger charge is -2.12. The Kier molecular flexibility index (Phi) is 12.8. The van der Waals surface area contributed by atoms with Gasteiger partial charge in [0.05, 0.1) is 12.4 Å². The van der Waals surface area contributed by atoms with Gasteiger partial charge in [0, 0.05) is 12.8 Å². The van der Waals surface area contributed by atoms with Gasteiger partial charge in [-0.25, -0.2) is 8.42 Å². The average molecular weight is 443 g/mol. The molecule has 0 bridgehead atoms. The predicted octanol–water partition coefficient (Wildman–Crippen LogP) is 4.69. The minimum absolute atomic E-state index is 0.0750. The number of ether oxygens (including phenoxy) is 1. The molecular formula is C22H34O7S. The first-order chi connectivity index (χ1) is 14.3. The zero-order chi connectivity index (χ0) is 22.2. The first-order valence-electron chi connectivity index (χ1n) is 10.7. The highest BCUT2D eigenvalue weighted by Gasteiger charge is 2.19. The van der Waals surface area contributed by atoms with E-state index in [-0.39, 0.29) is 29.9 Å². The molecule has 0 aliphatic heterocycles. The zero-order valence-electron chi connectivity index (χ0n) is 17.6. The average Bonchev–Trinajstić information content (AvgIpc) is 2.68. The topological polar surface area (TPSA) is 118 Å². The van der Waals surface area contributed by atoms with Gasteiger partial charge >= 0.3 is 11.9 Å². The molecule has 8 heteroatoms. The van der Waals surface area contributed by atoms with Crippen molar-refractivity contribution in [3.8, 4) is 5.75 Å². The summed E-state index contributed by atoms with van der Waals surface area (Å²) in [5.74, 6) is -1.62. The highest BCUT2D eigenvalue weighted by atomic mass is 32.2. The normalized spacial score (nSPS) is 11.3. The molecule has 2 N–H and O–H groups in total. The Hall–Kier alpha value is -2.09. The summed E-state index contributed by atoms with van der Waals surface area (Å²) in [6.45, 7) is 0.441. The van der Waals surface area contributed by atoms with E-state index in [1.165, 1.54) is 6.07 Å². The van der Waals surface area contributed by atoms with Crippen LogP contribution in [0.2, 0.25) is 0 Å². The summed E-state index contributed by atoms with van der Waals surface area (Å²) in [6, 6.07) is 6.50. The van der Waals surface area contributed by atoms with Crippen LogP contribution in [0.5, 0.6) is 5.75 Å². The first kappa shape index (κ1) is 25.9. The molecule has 0 aliphatic carbocycles. The van der Waals surface area contributed by atoms with Crippen molar-refractivity contribution in [1.29, 1.82) is 0 Å². The molecule has 1 aromatic carbocycles. The van der Waals surface area contributed by atoms with Gasteiger partial charge < -0.3 is 14.9 Å². The zero-order valence-corrected chi connectivity index (χ0v) is 18.4. The van der Waals surface area contributed by atoms with E-state index < -0.39 is 21.8 Å². The van der Waals surface area contributed by atoms with Crippen molar-refractivity contribution in [2.75, 3.05) is 12.4 Å². The summed E-state index contributed by atoms with van der Waals surface area (Å²) in [6.07, 6.45) is 9.30. The summed E-state index contributed by atoms with van der Waals surface area (Å²) >= 11 is 0. The smallest absolute Gasteiger partial charge is 0.303 e. The van der Waals surface area contributed by atoms with Crippen molar-refractivity contribution in [3.63, 3.8) is 0 Å². The van der Waals surface area contributed by atoms with E-state index in [1.54, 1.807) is 18.2 Å². The molecule has 1 rings (SSSR count). The van der Waals surface area contributed by atoms with Crippen LogP contribution >= 0.6 is 0 Å². The molecular weight excluding hydrogens is 408 g/mol. The van der Waals surface area contributed by atoms with Gasteiger partial charge in [0.2, 0.25) is 0 Å². The molecule has 0 saturated carbocycles. The summed E-state index contributed by atoms with van der Waals surface area (Å²) in [4.78, 5) is 21.1. The Morgan fingerprint density at radius 3 is 1.83 bits per heavy atom.